The van der Waals surface area contributed by atoms with Crippen LogP contribution >= 0.6 is 28.1 Å². The van der Waals surface area contributed by atoms with Gasteiger partial charge in [0.25, 0.3) is 0 Å². The maximum absolute atomic E-state index is 9.97. The lowest BCUT2D eigenvalue weighted by molar-refractivity contribution is 0.471. The Morgan fingerprint density at radius 3 is 2.62 bits per heavy atom. The van der Waals surface area contributed by atoms with Gasteiger partial charge in [0.05, 0.1) is 10.2 Å². The van der Waals surface area contributed by atoms with Gasteiger partial charge in [-0.05, 0) is 77.0 Å². The molecule has 0 radical (unpaired) electrons. The molecule has 2 aromatic carbocycles. The van der Waals surface area contributed by atoms with Crippen molar-refractivity contribution in [3.8, 4) is 5.75 Å². The van der Waals surface area contributed by atoms with Gasteiger partial charge in [-0.1, -0.05) is 0 Å². The summed E-state index contributed by atoms with van der Waals surface area (Å²) in [6.07, 6.45) is 1.63. The van der Waals surface area contributed by atoms with Crippen LogP contribution in [0.2, 0.25) is 0 Å². The predicted octanol–water partition coefficient (Wildman–Crippen LogP) is 3.87. The SMILES string of the molecule is Cc1cc(Br)c(O)c(C=Nc2ccc(NC(N)=S)cc2)c1. The molecule has 4 nitrogen and oxygen atoms in total. The first-order chi connectivity index (χ1) is 9.95. The Hall–Kier alpha value is -1.92. The third-order valence-corrected chi connectivity index (χ3v) is 3.43. The highest BCUT2D eigenvalue weighted by molar-refractivity contribution is 9.10. The summed E-state index contributed by atoms with van der Waals surface area (Å²) in [5.41, 5.74) is 8.67. The minimum absolute atomic E-state index is 0.177. The number of halogens is 1. The first-order valence-electron chi connectivity index (χ1n) is 6.15. The van der Waals surface area contributed by atoms with E-state index >= 15 is 0 Å². The van der Waals surface area contributed by atoms with Crippen LogP contribution in [0, 0.1) is 6.92 Å². The van der Waals surface area contributed by atoms with Crippen molar-refractivity contribution in [2.45, 2.75) is 6.92 Å². The predicted molar refractivity (Wildman–Crippen MR) is 94.6 cm³/mol. The van der Waals surface area contributed by atoms with Gasteiger partial charge in [0, 0.05) is 17.5 Å². The molecule has 2 aromatic rings. The van der Waals surface area contributed by atoms with Crippen LogP contribution in [-0.2, 0) is 0 Å². The second kappa shape index (κ2) is 6.69. The molecule has 0 aliphatic carbocycles. The van der Waals surface area contributed by atoms with Crippen LogP contribution in [0.5, 0.6) is 5.75 Å². The van der Waals surface area contributed by atoms with Gasteiger partial charge >= 0.3 is 0 Å². The Labute approximate surface area is 136 Å². The molecule has 0 aromatic heterocycles. The van der Waals surface area contributed by atoms with E-state index in [0.717, 1.165) is 16.9 Å². The van der Waals surface area contributed by atoms with E-state index in [1.807, 2.05) is 43.3 Å². The molecule has 0 unspecified atom stereocenters. The number of thiocarbonyl (C=S) groups is 1. The Kier molecular flexibility index (Phi) is 4.93. The number of aryl methyl sites for hydroxylation is 1. The molecule has 0 saturated carbocycles. The van der Waals surface area contributed by atoms with Gasteiger partial charge in [0.15, 0.2) is 5.11 Å². The first-order valence-corrected chi connectivity index (χ1v) is 7.35. The maximum atomic E-state index is 9.97. The molecule has 6 heteroatoms. The molecule has 0 bridgehead atoms. The molecule has 21 heavy (non-hydrogen) atoms. The van der Waals surface area contributed by atoms with Crippen molar-refractivity contribution in [3.05, 3.63) is 52.0 Å². The fraction of sp³-hybridized carbons (Fsp3) is 0.0667. The molecule has 0 heterocycles. The van der Waals surface area contributed by atoms with Gasteiger partial charge in [-0.2, -0.15) is 0 Å². The van der Waals surface area contributed by atoms with Crippen LogP contribution in [-0.4, -0.2) is 16.4 Å². The summed E-state index contributed by atoms with van der Waals surface area (Å²) < 4.78 is 0.653. The fourth-order valence-corrected chi connectivity index (χ4v) is 2.48. The maximum Gasteiger partial charge on any atom is 0.168 e. The number of nitrogens with two attached hydrogens (primary N) is 1. The minimum atomic E-state index is 0.177. The smallest absolute Gasteiger partial charge is 0.168 e. The molecule has 0 amide bonds. The summed E-state index contributed by atoms with van der Waals surface area (Å²) in [6, 6.07) is 11.0. The van der Waals surface area contributed by atoms with E-state index in [2.05, 4.69) is 26.2 Å². The summed E-state index contributed by atoms with van der Waals surface area (Å²) in [5.74, 6) is 0.177. The van der Waals surface area contributed by atoms with E-state index in [4.69, 9.17) is 18.0 Å². The van der Waals surface area contributed by atoms with E-state index in [0.29, 0.717) is 10.0 Å². The van der Waals surface area contributed by atoms with Gasteiger partial charge in [0.2, 0.25) is 0 Å². The largest absolute Gasteiger partial charge is 0.506 e. The van der Waals surface area contributed by atoms with E-state index in [1.165, 1.54) is 0 Å². The zero-order chi connectivity index (χ0) is 15.4. The zero-order valence-corrected chi connectivity index (χ0v) is 13.7. The number of anilines is 1. The van der Waals surface area contributed by atoms with Crippen molar-refractivity contribution in [3.63, 3.8) is 0 Å². The van der Waals surface area contributed by atoms with Gasteiger partial charge < -0.3 is 16.2 Å². The quantitative estimate of drug-likeness (QED) is 0.571. The summed E-state index contributed by atoms with van der Waals surface area (Å²) >= 11 is 8.08. The Morgan fingerprint density at radius 1 is 1.33 bits per heavy atom. The number of aliphatic imine (C=N–C) groups is 1. The number of nitrogens with zero attached hydrogens (tertiary/aromatic N) is 1. The molecule has 0 aliphatic heterocycles. The third-order valence-electron chi connectivity index (χ3n) is 2.72. The van der Waals surface area contributed by atoms with Crippen molar-refractivity contribution in [1.29, 1.82) is 0 Å². The lowest BCUT2D eigenvalue weighted by Gasteiger charge is -2.04. The standard InChI is InChI=1S/C15H14BrN3OS/c1-9-6-10(14(20)13(16)7-9)8-18-11-2-4-12(5-3-11)19-15(17)21/h2-8,20H,1H3,(H3,17,19,21). The normalized spacial score (nSPS) is 10.8. The average molecular weight is 364 g/mol. The Bertz CT molecular complexity index is 699. The number of hydrogen-bond donors (Lipinski definition) is 3. The topological polar surface area (TPSA) is 70.6 Å². The van der Waals surface area contributed by atoms with Crippen LogP contribution < -0.4 is 11.1 Å². The van der Waals surface area contributed by atoms with Gasteiger partial charge in [0.1, 0.15) is 5.75 Å². The average Bonchev–Trinajstić information content (AvgIpc) is 2.42. The van der Waals surface area contributed by atoms with Crippen LogP contribution in [0.3, 0.4) is 0 Å². The molecule has 0 aliphatic rings. The Morgan fingerprint density at radius 2 is 2.00 bits per heavy atom. The highest BCUT2D eigenvalue weighted by Gasteiger charge is 2.04. The monoisotopic (exact) mass is 363 g/mol. The lowest BCUT2D eigenvalue weighted by Crippen LogP contribution is -2.18. The summed E-state index contributed by atoms with van der Waals surface area (Å²) in [4.78, 5) is 4.34. The Balaban J connectivity index is 2.20. The van der Waals surface area contributed by atoms with Crippen molar-refractivity contribution in [2.24, 2.45) is 10.7 Å². The molecular weight excluding hydrogens is 350 g/mol. The highest BCUT2D eigenvalue weighted by Crippen LogP contribution is 2.28. The number of nitrogens with one attached hydrogen (secondary N) is 1. The second-order valence-corrected chi connectivity index (χ2v) is 5.77. The third kappa shape index (κ3) is 4.27. The van der Waals surface area contributed by atoms with Crippen molar-refractivity contribution >= 4 is 50.8 Å². The summed E-state index contributed by atoms with van der Waals surface area (Å²) in [5, 5.41) is 13.0. The van der Waals surface area contributed by atoms with E-state index in [9.17, 15) is 5.11 Å². The molecule has 4 N–H and O–H groups in total. The van der Waals surface area contributed by atoms with E-state index in [1.54, 1.807) is 6.21 Å². The van der Waals surface area contributed by atoms with Crippen LogP contribution in [0.4, 0.5) is 11.4 Å². The molecule has 0 saturated heterocycles. The number of aromatic hydroxyl groups is 1. The van der Waals surface area contributed by atoms with Gasteiger partial charge in [-0.25, -0.2) is 0 Å². The molecule has 0 spiro atoms. The summed E-state index contributed by atoms with van der Waals surface area (Å²) in [7, 11) is 0. The van der Waals surface area contributed by atoms with Crippen LogP contribution in [0.25, 0.3) is 0 Å². The molecule has 0 atom stereocenters. The first kappa shape index (κ1) is 15.5. The minimum Gasteiger partial charge on any atom is -0.506 e. The zero-order valence-electron chi connectivity index (χ0n) is 11.3. The second-order valence-electron chi connectivity index (χ2n) is 4.48. The van der Waals surface area contributed by atoms with Gasteiger partial charge in [-0.15, -0.1) is 0 Å². The van der Waals surface area contributed by atoms with Gasteiger partial charge in [-0.3, -0.25) is 4.99 Å². The van der Waals surface area contributed by atoms with Crippen molar-refractivity contribution < 1.29 is 5.11 Å². The van der Waals surface area contributed by atoms with E-state index in [-0.39, 0.29) is 10.9 Å². The van der Waals surface area contributed by atoms with Crippen LogP contribution in [0.1, 0.15) is 11.1 Å². The lowest BCUT2D eigenvalue weighted by atomic mass is 10.1. The molecule has 2 rings (SSSR count). The fourth-order valence-electron chi connectivity index (χ4n) is 1.78. The number of phenols is 1. The van der Waals surface area contributed by atoms with Crippen molar-refractivity contribution in [2.75, 3.05) is 5.32 Å². The van der Waals surface area contributed by atoms with E-state index < -0.39 is 0 Å². The number of rotatable bonds is 3. The highest BCUT2D eigenvalue weighted by atomic mass is 79.9. The number of phenolic OH excluding ortho intramolecular Hbond substituents is 1. The van der Waals surface area contributed by atoms with Crippen LogP contribution in [0.15, 0.2) is 45.9 Å². The molecule has 0 fully saturated rings. The molecular formula is C15H14BrN3OS. The van der Waals surface area contributed by atoms with Crippen molar-refractivity contribution in [1.82, 2.24) is 0 Å². The number of benzene rings is 2. The summed E-state index contributed by atoms with van der Waals surface area (Å²) in [6.45, 7) is 1.96. The molecule has 108 valence electrons. The number of hydrogen-bond acceptors (Lipinski definition) is 3.